The Morgan fingerprint density at radius 2 is 1.77 bits per heavy atom. The van der Waals surface area contributed by atoms with E-state index < -0.39 is 35.3 Å². The summed E-state index contributed by atoms with van der Waals surface area (Å²) in [5, 5.41) is 5.72. The van der Waals surface area contributed by atoms with E-state index in [1.165, 1.54) is 12.1 Å². The van der Waals surface area contributed by atoms with E-state index in [9.17, 15) is 27.2 Å². The first kappa shape index (κ1) is 21.2. The second kappa shape index (κ2) is 7.26. The van der Waals surface area contributed by atoms with Gasteiger partial charge in [-0.05, 0) is 44.2 Å². The third-order valence-electron chi connectivity index (χ3n) is 5.85. The van der Waals surface area contributed by atoms with Crippen LogP contribution in [0.3, 0.4) is 0 Å². The zero-order chi connectivity index (χ0) is 21.7. The van der Waals surface area contributed by atoms with Gasteiger partial charge in [-0.1, -0.05) is 11.6 Å². The molecule has 0 aromatic heterocycles. The van der Waals surface area contributed by atoms with Crippen molar-refractivity contribution in [2.24, 2.45) is 5.92 Å². The maximum Gasteiger partial charge on any atom is 0.522 e. The maximum atomic E-state index is 13.4. The van der Waals surface area contributed by atoms with E-state index in [0.717, 1.165) is 6.07 Å². The van der Waals surface area contributed by atoms with E-state index in [2.05, 4.69) is 15.4 Å². The molecule has 5 rings (SSSR count). The Labute approximate surface area is 174 Å². The average molecular weight is 451 g/mol. The third-order valence-corrected chi connectivity index (χ3v) is 6.16. The second-order valence-electron chi connectivity index (χ2n) is 8.35. The van der Waals surface area contributed by atoms with Crippen molar-refractivity contribution in [2.75, 3.05) is 6.61 Å². The molecule has 0 unspecified atom stereocenters. The standard InChI is InChI=1S/C19H19ClF4N2O4/c20-13-2-1-11(5-14(13)21)29-6-15(27)25-17-7-18(8-17,9-17)26-16(28)10-3-12(4-10)30-19(22,23)24/h1-2,5,10,12H,3-4,6-9H2,(H,25,27)(H,26,28). The largest absolute Gasteiger partial charge is 0.522 e. The van der Waals surface area contributed by atoms with Crippen LogP contribution in [-0.4, -0.2) is 42.0 Å². The number of hydrogen-bond acceptors (Lipinski definition) is 4. The van der Waals surface area contributed by atoms with Crippen LogP contribution >= 0.6 is 11.6 Å². The zero-order valence-corrected chi connectivity index (χ0v) is 16.4. The molecule has 0 atom stereocenters. The molecule has 2 amide bonds. The van der Waals surface area contributed by atoms with Gasteiger partial charge in [0, 0.05) is 23.1 Å². The topological polar surface area (TPSA) is 76.7 Å². The van der Waals surface area contributed by atoms with Gasteiger partial charge in [-0.15, -0.1) is 13.2 Å². The number of rotatable bonds is 7. The SMILES string of the molecule is O=C(COc1ccc(Cl)c(F)c1)NC12CC(NC(=O)C3CC(OC(F)(F)F)C3)(C1)C2. The van der Waals surface area contributed by atoms with Crippen molar-refractivity contribution < 1.29 is 36.6 Å². The zero-order valence-electron chi connectivity index (χ0n) is 15.7. The van der Waals surface area contributed by atoms with E-state index in [-0.39, 0.29) is 42.0 Å². The Morgan fingerprint density at radius 3 is 2.37 bits per heavy atom. The summed E-state index contributed by atoms with van der Waals surface area (Å²) in [7, 11) is 0. The second-order valence-corrected chi connectivity index (χ2v) is 8.75. The van der Waals surface area contributed by atoms with Crippen molar-refractivity contribution in [2.45, 2.75) is 55.6 Å². The molecule has 0 radical (unpaired) electrons. The molecule has 4 saturated carbocycles. The van der Waals surface area contributed by atoms with Gasteiger partial charge in [-0.25, -0.2) is 4.39 Å². The molecule has 0 aliphatic heterocycles. The average Bonchev–Trinajstić information content (AvgIpc) is 2.54. The number of ether oxygens (including phenoxy) is 2. The molecular formula is C19H19ClF4N2O4. The number of hydrogen-bond donors (Lipinski definition) is 2. The normalized spacial score (nSPS) is 31.6. The van der Waals surface area contributed by atoms with E-state index >= 15 is 0 Å². The first-order chi connectivity index (χ1) is 14.0. The van der Waals surface area contributed by atoms with Crippen molar-refractivity contribution >= 4 is 23.4 Å². The summed E-state index contributed by atoms with van der Waals surface area (Å²) in [4.78, 5) is 24.3. The Kier molecular flexibility index (Phi) is 5.13. The van der Waals surface area contributed by atoms with Crippen molar-refractivity contribution in [1.29, 1.82) is 0 Å². The van der Waals surface area contributed by atoms with Gasteiger partial charge in [0.15, 0.2) is 6.61 Å². The summed E-state index contributed by atoms with van der Waals surface area (Å²) in [5.74, 6) is -1.58. The summed E-state index contributed by atoms with van der Waals surface area (Å²) in [6.07, 6.45) is -3.88. The van der Waals surface area contributed by atoms with Crippen molar-refractivity contribution in [3.05, 3.63) is 29.0 Å². The lowest BCUT2D eigenvalue weighted by molar-refractivity contribution is -0.353. The van der Waals surface area contributed by atoms with Gasteiger partial charge in [0.1, 0.15) is 11.6 Å². The molecule has 164 valence electrons. The van der Waals surface area contributed by atoms with Gasteiger partial charge < -0.3 is 15.4 Å². The number of nitrogens with one attached hydrogen (secondary N) is 2. The molecule has 6 nitrogen and oxygen atoms in total. The summed E-state index contributed by atoms with van der Waals surface area (Å²) in [6.45, 7) is -0.287. The van der Waals surface area contributed by atoms with Gasteiger partial charge in [-0.3, -0.25) is 14.3 Å². The fourth-order valence-corrected chi connectivity index (χ4v) is 4.65. The predicted molar refractivity (Wildman–Crippen MR) is 96.2 cm³/mol. The van der Waals surface area contributed by atoms with Gasteiger partial charge in [0.25, 0.3) is 5.91 Å². The van der Waals surface area contributed by atoms with E-state index in [1.807, 2.05) is 0 Å². The van der Waals surface area contributed by atoms with Crippen LogP contribution in [0, 0.1) is 11.7 Å². The van der Waals surface area contributed by atoms with E-state index in [4.69, 9.17) is 16.3 Å². The predicted octanol–water partition coefficient (Wildman–Crippen LogP) is 3.08. The molecule has 1 aromatic rings. The molecule has 0 spiro atoms. The Balaban J connectivity index is 1.16. The quantitative estimate of drug-likeness (QED) is 0.626. The van der Waals surface area contributed by atoms with Crippen molar-refractivity contribution in [3.63, 3.8) is 0 Å². The Morgan fingerprint density at radius 1 is 1.13 bits per heavy atom. The molecule has 4 aliphatic rings. The molecule has 4 fully saturated rings. The fraction of sp³-hybridized carbons (Fsp3) is 0.579. The van der Waals surface area contributed by atoms with Crippen LogP contribution < -0.4 is 15.4 Å². The minimum absolute atomic E-state index is 0.0432. The monoisotopic (exact) mass is 450 g/mol. The lowest BCUT2D eigenvalue weighted by Gasteiger charge is -2.70. The molecule has 1 aromatic carbocycles. The Bertz CT molecular complexity index is 853. The first-order valence-corrected chi connectivity index (χ1v) is 9.80. The fourth-order valence-electron chi connectivity index (χ4n) is 4.53. The van der Waals surface area contributed by atoms with Gasteiger partial charge in [-0.2, -0.15) is 0 Å². The highest BCUT2D eigenvalue weighted by molar-refractivity contribution is 6.30. The molecule has 2 bridgehead atoms. The minimum Gasteiger partial charge on any atom is -0.484 e. The van der Waals surface area contributed by atoms with Crippen LogP contribution in [0.5, 0.6) is 5.75 Å². The lowest BCUT2D eigenvalue weighted by Crippen LogP contribution is -2.84. The highest BCUT2D eigenvalue weighted by atomic mass is 35.5. The molecular weight excluding hydrogens is 432 g/mol. The highest BCUT2D eigenvalue weighted by Gasteiger charge is 2.69. The number of alkyl halides is 3. The number of amides is 2. The van der Waals surface area contributed by atoms with Crippen molar-refractivity contribution in [1.82, 2.24) is 10.6 Å². The smallest absolute Gasteiger partial charge is 0.484 e. The van der Waals surface area contributed by atoms with Crippen LogP contribution in [0.1, 0.15) is 32.1 Å². The molecule has 4 aliphatic carbocycles. The number of halogens is 5. The lowest BCUT2D eigenvalue weighted by atomic mass is 9.44. The molecule has 2 N–H and O–H groups in total. The third kappa shape index (κ3) is 4.34. The molecule has 11 heteroatoms. The van der Waals surface area contributed by atoms with Crippen LogP contribution in [0.15, 0.2) is 18.2 Å². The molecule has 0 heterocycles. The molecule has 0 saturated heterocycles. The first-order valence-electron chi connectivity index (χ1n) is 9.42. The van der Waals surface area contributed by atoms with Crippen LogP contribution in [0.2, 0.25) is 5.02 Å². The summed E-state index contributed by atoms with van der Waals surface area (Å²) in [5.41, 5.74) is -0.805. The van der Waals surface area contributed by atoms with Gasteiger partial charge in [0.05, 0.1) is 11.1 Å². The number of carbonyl (C=O) groups excluding carboxylic acids is 2. The molecule has 30 heavy (non-hydrogen) atoms. The van der Waals surface area contributed by atoms with Crippen molar-refractivity contribution in [3.8, 4) is 5.75 Å². The van der Waals surface area contributed by atoms with E-state index in [0.29, 0.717) is 19.3 Å². The van der Waals surface area contributed by atoms with Crippen LogP contribution in [-0.2, 0) is 14.3 Å². The van der Waals surface area contributed by atoms with E-state index in [1.54, 1.807) is 0 Å². The number of carbonyl (C=O) groups is 2. The minimum atomic E-state index is -4.68. The Hall–Kier alpha value is -2.07. The van der Waals surface area contributed by atoms with Crippen LogP contribution in [0.4, 0.5) is 17.6 Å². The van der Waals surface area contributed by atoms with Gasteiger partial charge in [0.2, 0.25) is 5.91 Å². The maximum absolute atomic E-state index is 13.4. The van der Waals surface area contributed by atoms with Crippen LogP contribution in [0.25, 0.3) is 0 Å². The summed E-state index contributed by atoms with van der Waals surface area (Å²) >= 11 is 5.59. The van der Waals surface area contributed by atoms with Gasteiger partial charge >= 0.3 is 6.36 Å². The highest BCUT2D eigenvalue weighted by Crippen LogP contribution is 2.60. The summed E-state index contributed by atoms with van der Waals surface area (Å²) < 4.78 is 58.9. The summed E-state index contributed by atoms with van der Waals surface area (Å²) in [6, 6.07) is 3.87. The number of benzene rings is 1.